The lowest BCUT2D eigenvalue weighted by Gasteiger charge is -2.33. The van der Waals surface area contributed by atoms with Gasteiger partial charge in [0.1, 0.15) is 0 Å². The predicted molar refractivity (Wildman–Crippen MR) is 67.0 cm³/mol. The second-order valence-corrected chi connectivity index (χ2v) is 5.82. The first-order valence-electron chi connectivity index (χ1n) is 6.20. The molecule has 0 saturated carbocycles. The lowest BCUT2D eigenvalue weighted by atomic mass is 9.80. The Morgan fingerprint density at radius 3 is 2.13 bits per heavy atom. The Hall–Kier alpha value is -0.0800. The maximum absolute atomic E-state index is 10.0. The average Bonchev–Trinajstić information content (AvgIpc) is 2.15. The Bertz CT molecular complexity index is 166. The summed E-state index contributed by atoms with van der Waals surface area (Å²) in [5.74, 6) is 1.04. The first kappa shape index (κ1) is 14.9. The van der Waals surface area contributed by atoms with Crippen LogP contribution in [0.25, 0.3) is 0 Å². The Morgan fingerprint density at radius 1 is 1.20 bits per heavy atom. The maximum Gasteiger partial charge on any atom is 0.0626 e. The molecule has 92 valence electrons. The highest BCUT2D eigenvalue weighted by atomic mass is 16.3. The van der Waals surface area contributed by atoms with E-state index < -0.39 is 0 Å². The summed E-state index contributed by atoms with van der Waals surface area (Å²) in [6, 6.07) is 0. The zero-order valence-electron chi connectivity index (χ0n) is 11.3. The van der Waals surface area contributed by atoms with Crippen LogP contribution < -0.4 is 5.32 Å². The molecule has 0 spiro atoms. The molecule has 0 aliphatic carbocycles. The molecule has 2 unspecified atom stereocenters. The second kappa shape index (κ2) is 6.49. The standard InChI is InChI=1S/C13H29NO/c1-7-11(4)8-14-9-13(5,6)12(15)10(2)3/h10-12,14-15H,7-9H2,1-6H3. The van der Waals surface area contributed by atoms with Crippen molar-refractivity contribution in [1.29, 1.82) is 0 Å². The van der Waals surface area contributed by atoms with E-state index in [2.05, 4.69) is 46.9 Å². The average molecular weight is 215 g/mol. The minimum Gasteiger partial charge on any atom is -0.392 e. The topological polar surface area (TPSA) is 32.3 Å². The molecule has 0 radical (unpaired) electrons. The summed E-state index contributed by atoms with van der Waals surface area (Å²) in [6.07, 6.45) is 0.974. The summed E-state index contributed by atoms with van der Waals surface area (Å²) in [6.45, 7) is 14.8. The minimum atomic E-state index is -0.234. The van der Waals surface area contributed by atoms with Crippen molar-refractivity contribution in [3.8, 4) is 0 Å². The quantitative estimate of drug-likeness (QED) is 0.684. The predicted octanol–water partition coefficient (Wildman–Crippen LogP) is 2.67. The van der Waals surface area contributed by atoms with Gasteiger partial charge < -0.3 is 10.4 Å². The van der Waals surface area contributed by atoms with E-state index in [-0.39, 0.29) is 11.5 Å². The van der Waals surface area contributed by atoms with Gasteiger partial charge in [-0.25, -0.2) is 0 Å². The molecule has 0 aromatic carbocycles. The van der Waals surface area contributed by atoms with Gasteiger partial charge in [0.05, 0.1) is 6.10 Å². The van der Waals surface area contributed by atoms with Crippen LogP contribution in [0.3, 0.4) is 0 Å². The first-order chi connectivity index (χ1) is 6.81. The smallest absolute Gasteiger partial charge is 0.0626 e. The van der Waals surface area contributed by atoms with Crippen LogP contribution >= 0.6 is 0 Å². The number of hydrogen-bond acceptors (Lipinski definition) is 2. The van der Waals surface area contributed by atoms with Gasteiger partial charge in [-0.1, -0.05) is 48.0 Å². The third-order valence-corrected chi connectivity index (χ3v) is 3.20. The lowest BCUT2D eigenvalue weighted by Crippen LogP contribution is -2.42. The summed E-state index contributed by atoms with van der Waals surface area (Å²) in [5, 5.41) is 13.5. The van der Waals surface area contributed by atoms with Gasteiger partial charge in [-0.15, -0.1) is 0 Å². The summed E-state index contributed by atoms with van der Waals surface area (Å²) in [7, 11) is 0. The number of aliphatic hydroxyl groups excluding tert-OH is 1. The molecule has 0 aromatic heterocycles. The van der Waals surface area contributed by atoms with E-state index in [1.54, 1.807) is 0 Å². The van der Waals surface area contributed by atoms with E-state index in [9.17, 15) is 5.11 Å². The van der Waals surface area contributed by atoms with E-state index in [1.165, 1.54) is 6.42 Å². The van der Waals surface area contributed by atoms with Crippen molar-refractivity contribution in [1.82, 2.24) is 5.32 Å². The fraction of sp³-hybridized carbons (Fsp3) is 1.00. The van der Waals surface area contributed by atoms with Gasteiger partial charge in [0.2, 0.25) is 0 Å². The van der Waals surface area contributed by atoms with Crippen molar-refractivity contribution in [3.05, 3.63) is 0 Å². The Morgan fingerprint density at radius 2 is 1.73 bits per heavy atom. The second-order valence-electron chi connectivity index (χ2n) is 5.82. The van der Waals surface area contributed by atoms with Gasteiger partial charge in [-0.05, 0) is 18.4 Å². The molecule has 2 N–H and O–H groups in total. The highest BCUT2D eigenvalue weighted by molar-refractivity contribution is 4.82. The summed E-state index contributed by atoms with van der Waals surface area (Å²) in [4.78, 5) is 0. The van der Waals surface area contributed by atoms with Gasteiger partial charge >= 0.3 is 0 Å². The highest BCUT2D eigenvalue weighted by Crippen LogP contribution is 2.25. The number of nitrogens with one attached hydrogen (secondary N) is 1. The summed E-state index contributed by atoms with van der Waals surface area (Å²) in [5.41, 5.74) is -0.0401. The van der Waals surface area contributed by atoms with Gasteiger partial charge in [0.15, 0.2) is 0 Å². The molecule has 0 rings (SSSR count). The lowest BCUT2D eigenvalue weighted by molar-refractivity contribution is 0.0133. The molecule has 0 aliphatic rings. The SMILES string of the molecule is CCC(C)CNCC(C)(C)C(O)C(C)C. The highest BCUT2D eigenvalue weighted by Gasteiger charge is 2.29. The largest absolute Gasteiger partial charge is 0.392 e. The Labute approximate surface area is 95.5 Å². The van der Waals surface area contributed by atoms with E-state index >= 15 is 0 Å². The van der Waals surface area contributed by atoms with Crippen molar-refractivity contribution in [2.24, 2.45) is 17.3 Å². The van der Waals surface area contributed by atoms with Crippen LogP contribution in [-0.2, 0) is 0 Å². The van der Waals surface area contributed by atoms with E-state index in [4.69, 9.17) is 0 Å². The van der Waals surface area contributed by atoms with Gasteiger partial charge in [0.25, 0.3) is 0 Å². The van der Waals surface area contributed by atoms with Crippen molar-refractivity contribution >= 4 is 0 Å². The van der Waals surface area contributed by atoms with Crippen molar-refractivity contribution in [3.63, 3.8) is 0 Å². The van der Waals surface area contributed by atoms with Crippen molar-refractivity contribution in [2.45, 2.75) is 54.1 Å². The van der Waals surface area contributed by atoms with Crippen LogP contribution in [0.4, 0.5) is 0 Å². The van der Waals surface area contributed by atoms with Crippen LogP contribution in [0.5, 0.6) is 0 Å². The van der Waals surface area contributed by atoms with Gasteiger partial charge in [-0.3, -0.25) is 0 Å². The van der Waals surface area contributed by atoms with Gasteiger partial charge in [-0.2, -0.15) is 0 Å². The molecule has 0 aromatic rings. The zero-order chi connectivity index (χ0) is 12.1. The third-order valence-electron chi connectivity index (χ3n) is 3.20. The summed E-state index contributed by atoms with van der Waals surface area (Å²) < 4.78 is 0. The minimum absolute atomic E-state index is 0.0401. The summed E-state index contributed by atoms with van der Waals surface area (Å²) >= 11 is 0. The van der Waals surface area contributed by atoms with Crippen LogP contribution in [-0.4, -0.2) is 24.3 Å². The molecular formula is C13H29NO. The molecule has 2 nitrogen and oxygen atoms in total. The third kappa shape index (κ3) is 5.53. The molecule has 0 saturated heterocycles. The normalized spacial score (nSPS) is 16.8. The van der Waals surface area contributed by atoms with E-state index in [0.29, 0.717) is 5.92 Å². The Kier molecular flexibility index (Phi) is 6.46. The molecule has 2 atom stereocenters. The van der Waals surface area contributed by atoms with E-state index in [0.717, 1.165) is 19.0 Å². The Balaban J connectivity index is 3.93. The van der Waals surface area contributed by atoms with Crippen molar-refractivity contribution in [2.75, 3.05) is 13.1 Å². The molecule has 0 aliphatic heterocycles. The molecular weight excluding hydrogens is 186 g/mol. The molecule has 0 amide bonds. The van der Waals surface area contributed by atoms with E-state index in [1.807, 2.05) is 0 Å². The molecule has 0 fully saturated rings. The molecule has 0 bridgehead atoms. The first-order valence-corrected chi connectivity index (χ1v) is 6.20. The zero-order valence-corrected chi connectivity index (χ0v) is 11.3. The molecule has 15 heavy (non-hydrogen) atoms. The van der Waals surface area contributed by atoms with Crippen molar-refractivity contribution < 1.29 is 5.11 Å². The van der Waals surface area contributed by atoms with Crippen LogP contribution in [0.2, 0.25) is 0 Å². The monoisotopic (exact) mass is 215 g/mol. The molecule has 0 heterocycles. The van der Waals surface area contributed by atoms with Gasteiger partial charge in [0, 0.05) is 12.0 Å². The fourth-order valence-corrected chi connectivity index (χ4v) is 1.79. The number of hydrogen-bond donors (Lipinski definition) is 2. The molecule has 2 heteroatoms. The van der Waals surface area contributed by atoms with Crippen LogP contribution in [0, 0.1) is 17.3 Å². The maximum atomic E-state index is 10.0. The van der Waals surface area contributed by atoms with Crippen LogP contribution in [0.15, 0.2) is 0 Å². The number of aliphatic hydroxyl groups is 1. The number of rotatable bonds is 7. The van der Waals surface area contributed by atoms with Crippen LogP contribution in [0.1, 0.15) is 48.0 Å². The fourth-order valence-electron chi connectivity index (χ4n) is 1.79.